The molecular formula is C27H20O9. The van der Waals surface area contributed by atoms with Gasteiger partial charge >= 0.3 is 5.97 Å². The zero-order chi connectivity index (χ0) is 25.0. The molecule has 9 heteroatoms. The van der Waals surface area contributed by atoms with Crippen molar-refractivity contribution in [1.82, 2.24) is 0 Å². The predicted octanol–water partition coefficient (Wildman–Crippen LogP) is 4.09. The number of methoxy groups -OCH3 is 1. The summed E-state index contributed by atoms with van der Waals surface area (Å²) in [6, 6.07) is 12.2. The topological polar surface area (TPSA) is 125 Å². The Morgan fingerprint density at radius 2 is 1.72 bits per heavy atom. The van der Waals surface area contributed by atoms with Gasteiger partial charge < -0.3 is 33.6 Å². The average Bonchev–Trinajstić information content (AvgIpc) is 2.87. The molecule has 0 radical (unpaired) electrons. The summed E-state index contributed by atoms with van der Waals surface area (Å²) in [6.45, 7) is 0.751. The number of aromatic hydroxyl groups is 2. The lowest BCUT2D eigenvalue weighted by molar-refractivity contribution is -0.135. The van der Waals surface area contributed by atoms with Gasteiger partial charge in [-0.15, -0.1) is 0 Å². The molecule has 0 fully saturated rings. The number of hydrogen-bond donors (Lipinski definition) is 2. The monoisotopic (exact) mass is 488 g/mol. The Hall–Kier alpha value is -4.66. The number of fused-ring (bicyclic) bond motifs is 4. The summed E-state index contributed by atoms with van der Waals surface area (Å²) < 4.78 is 28.6. The van der Waals surface area contributed by atoms with Crippen LogP contribution in [0.1, 0.15) is 23.5 Å². The standard InChI is InChI=1S/C27H20O9/c1-32-21-8-14(9-22-26(21)34-7-6-33-22)16-10-23(31)35-20-12-18(30)25-17(29)11-19(36-27(25)24(16)20)13-2-4-15(28)5-3-13/h2-5,8-9,11-12,16,28,30H,6-7,10H2,1H3/t16-/m0/s1. The number of carbonyl (C=O) groups excluding carboxylic acids is 1. The van der Waals surface area contributed by atoms with E-state index in [1.807, 2.05) is 0 Å². The van der Waals surface area contributed by atoms with E-state index in [-0.39, 0.29) is 40.4 Å². The van der Waals surface area contributed by atoms with Gasteiger partial charge in [-0.25, -0.2) is 0 Å². The minimum Gasteiger partial charge on any atom is -0.508 e. The molecule has 1 aromatic heterocycles. The quantitative estimate of drug-likeness (QED) is 0.324. The first-order valence-electron chi connectivity index (χ1n) is 11.2. The molecule has 0 bridgehead atoms. The average molecular weight is 488 g/mol. The van der Waals surface area contributed by atoms with E-state index in [2.05, 4.69) is 0 Å². The maximum absolute atomic E-state index is 13.1. The van der Waals surface area contributed by atoms with Crippen LogP contribution >= 0.6 is 0 Å². The van der Waals surface area contributed by atoms with Gasteiger partial charge in [0.05, 0.1) is 13.5 Å². The summed E-state index contributed by atoms with van der Waals surface area (Å²) in [5.74, 6) is 0.339. The Bertz CT molecular complexity index is 1570. The maximum Gasteiger partial charge on any atom is 0.312 e. The summed E-state index contributed by atoms with van der Waals surface area (Å²) in [5, 5.41) is 20.3. The molecule has 3 heterocycles. The van der Waals surface area contributed by atoms with Crippen molar-refractivity contribution in [3.05, 3.63) is 69.9 Å². The fraction of sp³-hybridized carbons (Fsp3) is 0.185. The molecule has 0 saturated carbocycles. The molecule has 1 atom stereocenters. The zero-order valence-corrected chi connectivity index (χ0v) is 19.1. The highest BCUT2D eigenvalue weighted by Crippen LogP contribution is 2.49. The van der Waals surface area contributed by atoms with Crippen molar-refractivity contribution >= 4 is 16.9 Å². The number of phenolic OH excluding ortho intramolecular Hbond substituents is 2. The Kier molecular flexibility index (Phi) is 4.99. The first kappa shape index (κ1) is 21.8. The Labute approximate surface area is 204 Å². The fourth-order valence-corrected chi connectivity index (χ4v) is 4.71. The summed E-state index contributed by atoms with van der Waals surface area (Å²) in [7, 11) is 1.51. The van der Waals surface area contributed by atoms with Crippen molar-refractivity contribution in [2.45, 2.75) is 12.3 Å². The molecule has 0 unspecified atom stereocenters. The summed E-state index contributed by atoms with van der Waals surface area (Å²) in [6.07, 6.45) is -0.0389. The van der Waals surface area contributed by atoms with Crippen molar-refractivity contribution in [2.75, 3.05) is 20.3 Å². The largest absolute Gasteiger partial charge is 0.508 e. The minimum atomic E-state index is -0.590. The van der Waals surface area contributed by atoms with Crippen molar-refractivity contribution < 1.29 is 38.4 Å². The Morgan fingerprint density at radius 3 is 2.50 bits per heavy atom. The van der Waals surface area contributed by atoms with Gasteiger partial charge in [0.15, 0.2) is 16.9 Å². The summed E-state index contributed by atoms with van der Waals surface area (Å²) in [4.78, 5) is 25.7. The third-order valence-electron chi connectivity index (χ3n) is 6.33. The molecule has 0 amide bonds. The van der Waals surface area contributed by atoms with E-state index in [0.717, 1.165) is 0 Å². The van der Waals surface area contributed by atoms with E-state index < -0.39 is 17.3 Å². The van der Waals surface area contributed by atoms with Crippen molar-refractivity contribution in [1.29, 1.82) is 0 Å². The lowest BCUT2D eigenvalue weighted by Crippen LogP contribution is -2.22. The SMILES string of the molecule is COc1cc([C@@H]2CC(=O)Oc3cc(O)c4c(=O)cc(-c5ccc(O)cc5)oc4c32)cc2c1OCCO2. The Morgan fingerprint density at radius 1 is 0.944 bits per heavy atom. The van der Waals surface area contributed by atoms with Crippen LogP contribution in [0, 0.1) is 0 Å². The third kappa shape index (κ3) is 3.48. The molecule has 2 aliphatic heterocycles. The second-order valence-corrected chi connectivity index (χ2v) is 8.51. The first-order chi connectivity index (χ1) is 17.4. The molecule has 2 N–H and O–H groups in total. The number of rotatable bonds is 3. The number of esters is 1. The van der Waals surface area contributed by atoms with Gasteiger partial charge in [0, 0.05) is 29.2 Å². The minimum absolute atomic E-state index is 0.0243. The second-order valence-electron chi connectivity index (χ2n) is 8.51. The van der Waals surface area contributed by atoms with Gasteiger partial charge in [-0.1, -0.05) is 0 Å². The lowest BCUT2D eigenvalue weighted by atomic mass is 9.84. The van der Waals surface area contributed by atoms with Crippen molar-refractivity contribution in [3.63, 3.8) is 0 Å². The van der Waals surface area contributed by atoms with E-state index in [4.69, 9.17) is 23.4 Å². The molecule has 3 aromatic carbocycles. The van der Waals surface area contributed by atoms with Crippen molar-refractivity contribution in [3.8, 4) is 45.8 Å². The van der Waals surface area contributed by atoms with E-state index in [9.17, 15) is 19.8 Å². The zero-order valence-electron chi connectivity index (χ0n) is 19.1. The van der Waals surface area contributed by atoms with Crippen LogP contribution in [0.2, 0.25) is 0 Å². The molecule has 6 rings (SSSR count). The number of benzene rings is 3. The molecule has 0 saturated heterocycles. The Balaban J connectivity index is 1.61. The van der Waals surface area contributed by atoms with Crippen LogP contribution in [0.15, 0.2) is 57.7 Å². The van der Waals surface area contributed by atoms with Gasteiger partial charge in [-0.3, -0.25) is 9.59 Å². The van der Waals surface area contributed by atoms with E-state index in [0.29, 0.717) is 47.2 Å². The molecule has 9 nitrogen and oxygen atoms in total. The second kappa shape index (κ2) is 8.23. The van der Waals surface area contributed by atoms with Gasteiger partial charge in [0.2, 0.25) is 5.75 Å². The van der Waals surface area contributed by atoms with Crippen LogP contribution in [0.5, 0.6) is 34.5 Å². The molecule has 2 aliphatic rings. The molecule has 36 heavy (non-hydrogen) atoms. The molecule has 0 spiro atoms. The van der Waals surface area contributed by atoms with Crippen LogP contribution in [0.3, 0.4) is 0 Å². The van der Waals surface area contributed by atoms with Crippen molar-refractivity contribution in [2.24, 2.45) is 0 Å². The van der Waals surface area contributed by atoms with Crippen LogP contribution in [-0.4, -0.2) is 36.5 Å². The molecule has 4 aromatic rings. The van der Waals surface area contributed by atoms with E-state index >= 15 is 0 Å². The highest BCUT2D eigenvalue weighted by molar-refractivity contribution is 5.93. The highest BCUT2D eigenvalue weighted by atomic mass is 16.6. The fourth-order valence-electron chi connectivity index (χ4n) is 4.71. The van der Waals surface area contributed by atoms with Gasteiger partial charge in [-0.05, 0) is 42.0 Å². The van der Waals surface area contributed by atoms with Crippen LogP contribution in [0.4, 0.5) is 0 Å². The summed E-state index contributed by atoms with van der Waals surface area (Å²) in [5.41, 5.74) is 1.30. The highest BCUT2D eigenvalue weighted by Gasteiger charge is 2.35. The van der Waals surface area contributed by atoms with Crippen LogP contribution in [0.25, 0.3) is 22.3 Å². The number of carbonyl (C=O) groups is 1. The van der Waals surface area contributed by atoms with E-state index in [1.54, 1.807) is 24.3 Å². The van der Waals surface area contributed by atoms with Gasteiger partial charge in [0.1, 0.15) is 47.2 Å². The lowest BCUT2D eigenvalue weighted by Gasteiger charge is -2.28. The molecular weight excluding hydrogens is 468 g/mol. The smallest absolute Gasteiger partial charge is 0.312 e. The summed E-state index contributed by atoms with van der Waals surface area (Å²) >= 11 is 0. The number of phenols is 2. The maximum atomic E-state index is 13.1. The van der Waals surface area contributed by atoms with Crippen LogP contribution in [-0.2, 0) is 4.79 Å². The van der Waals surface area contributed by atoms with Gasteiger partial charge in [-0.2, -0.15) is 0 Å². The van der Waals surface area contributed by atoms with Gasteiger partial charge in [0.25, 0.3) is 0 Å². The molecule has 0 aliphatic carbocycles. The number of hydrogen-bond acceptors (Lipinski definition) is 9. The molecule has 182 valence electrons. The number of ether oxygens (including phenoxy) is 4. The third-order valence-corrected chi connectivity index (χ3v) is 6.33. The van der Waals surface area contributed by atoms with Crippen LogP contribution < -0.4 is 24.4 Å². The predicted molar refractivity (Wildman–Crippen MR) is 127 cm³/mol. The van der Waals surface area contributed by atoms with E-state index in [1.165, 1.54) is 31.4 Å². The normalized spacial score (nSPS) is 16.4. The first-order valence-corrected chi connectivity index (χ1v) is 11.2.